The van der Waals surface area contributed by atoms with Gasteiger partial charge in [-0.25, -0.2) is 4.79 Å². The number of hydrogen-bond acceptors (Lipinski definition) is 10. The number of carboxylic acids is 1. The van der Waals surface area contributed by atoms with Gasteiger partial charge in [0.1, 0.15) is 16.1 Å². The van der Waals surface area contributed by atoms with Crippen LogP contribution >= 0.6 is 23.2 Å². The molecule has 3 aromatic carbocycles. The molecule has 2 N–H and O–H groups in total. The number of ether oxygens (including phenoxy) is 4. The number of phenols is 1. The van der Waals surface area contributed by atoms with Gasteiger partial charge in [0.2, 0.25) is 12.4 Å². The van der Waals surface area contributed by atoms with Crippen molar-refractivity contribution < 1.29 is 48.7 Å². The molecular weight excluding hydrogens is 713 g/mol. The number of fused-ring (bicyclic) bond motifs is 3. The summed E-state index contributed by atoms with van der Waals surface area (Å²) >= 11 is 13.2. The van der Waals surface area contributed by atoms with Gasteiger partial charge in [-0.3, -0.25) is 15.0 Å². The predicted octanol–water partition coefficient (Wildman–Crippen LogP) is 5.23. The van der Waals surface area contributed by atoms with Gasteiger partial charge >= 0.3 is 6.09 Å². The van der Waals surface area contributed by atoms with E-state index in [1.165, 1.54) is 50.8 Å². The number of aromatic hydroxyl groups is 1. The molecule has 3 fully saturated rings. The van der Waals surface area contributed by atoms with Gasteiger partial charge in [-0.2, -0.15) is 0 Å². The van der Waals surface area contributed by atoms with Crippen molar-refractivity contribution >= 4 is 41.0 Å². The van der Waals surface area contributed by atoms with E-state index in [0.717, 1.165) is 30.7 Å². The zero-order chi connectivity index (χ0) is 37.1. The number of nitrogens with zero attached hydrogens (tertiary/aromatic N) is 3. The van der Waals surface area contributed by atoms with Crippen LogP contribution in [0.4, 0.5) is 10.5 Å². The number of amides is 1. The lowest BCUT2D eigenvalue weighted by atomic mass is 9.82. The van der Waals surface area contributed by atoms with Crippen LogP contribution in [0.3, 0.4) is 0 Å². The van der Waals surface area contributed by atoms with E-state index in [-0.39, 0.29) is 57.8 Å². The van der Waals surface area contributed by atoms with E-state index < -0.39 is 18.0 Å². The second-order valence-electron chi connectivity index (χ2n) is 12.9. The number of pyridine rings is 1. The molecule has 4 heterocycles. The van der Waals surface area contributed by atoms with Crippen LogP contribution in [0.15, 0.2) is 67.0 Å². The fourth-order valence-electron chi connectivity index (χ4n) is 7.20. The van der Waals surface area contributed by atoms with Crippen LogP contribution in [0.2, 0.25) is 10.0 Å². The monoisotopic (exact) mass is 751 g/mol. The smallest absolute Gasteiger partial charge is 0.415 e. The first-order chi connectivity index (χ1) is 25.0. The van der Waals surface area contributed by atoms with E-state index in [4.69, 9.17) is 42.1 Å². The molecule has 274 valence electrons. The predicted molar refractivity (Wildman–Crippen MR) is 190 cm³/mol. The van der Waals surface area contributed by atoms with E-state index in [0.29, 0.717) is 40.3 Å². The lowest BCUT2D eigenvalue weighted by Crippen LogP contribution is -2.53. The first-order valence-corrected chi connectivity index (χ1v) is 17.5. The molecule has 0 spiro atoms. The van der Waals surface area contributed by atoms with Gasteiger partial charge in [0.25, 0.3) is 0 Å². The average Bonchev–Trinajstić information content (AvgIpc) is 3.13. The van der Waals surface area contributed by atoms with Crippen molar-refractivity contribution in [1.82, 2.24) is 4.90 Å². The summed E-state index contributed by atoms with van der Waals surface area (Å²) in [5.41, 5.74) is 2.15. The number of aromatic carboxylic acids is 1. The third kappa shape index (κ3) is 7.64. The zero-order valence-electron chi connectivity index (χ0n) is 28.9. The van der Waals surface area contributed by atoms with Gasteiger partial charge in [0.15, 0.2) is 23.0 Å². The summed E-state index contributed by atoms with van der Waals surface area (Å²) in [7, 11) is 4.40. The summed E-state index contributed by atoms with van der Waals surface area (Å²) in [4.78, 5) is 30.5. The number of anilines is 1. The number of hydrogen-bond donors (Lipinski definition) is 2. The van der Waals surface area contributed by atoms with Crippen LogP contribution in [-0.4, -0.2) is 74.3 Å². The van der Waals surface area contributed by atoms with Crippen molar-refractivity contribution in [3.8, 4) is 23.0 Å². The van der Waals surface area contributed by atoms with Crippen LogP contribution in [0, 0.1) is 5.92 Å². The Labute approximate surface area is 311 Å². The van der Waals surface area contributed by atoms with E-state index in [9.17, 15) is 25.0 Å². The van der Waals surface area contributed by atoms with Gasteiger partial charge in [-0.05, 0) is 79.2 Å². The Hall–Kier alpha value is -4.91. The Bertz CT molecular complexity index is 1950. The Morgan fingerprint density at radius 3 is 2.31 bits per heavy atom. The number of methoxy groups -OCH3 is 3. The molecule has 3 saturated heterocycles. The summed E-state index contributed by atoms with van der Waals surface area (Å²) in [5, 5.41) is 33.7. The van der Waals surface area contributed by atoms with Crippen molar-refractivity contribution in [1.29, 1.82) is 0 Å². The number of rotatable bonds is 12. The molecule has 2 bridgehead atoms. The van der Waals surface area contributed by atoms with Crippen molar-refractivity contribution in [2.24, 2.45) is 5.92 Å². The number of benzene rings is 3. The molecule has 0 radical (unpaired) electrons. The number of carbonyl (C=O) groups excluding carboxylic acids is 2. The minimum Gasteiger partial charge on any atom is -0.545 e. The summed E-state index contributed by atoms with van der Waals surface area (Å²) in [6.45, 7) is 2.50. The number of carbonyl (C=O) groups is 2. The zero-order valence-corrected chi connectivity index (χ0v) is 30.4. The summed E-state index contributed by atoms with van der Waals surface area (Å²) in [5.74, 6) is -1.09. The fraction of sp³-hybridized carbons (Fsp3) is 0.342. The molecule has 7 rings (SSSR count). The van der Waals surface area contributed by atoms with Crippen LogP contribution in [0.1, 0.15) is 51.4 Å². The number of carboxylic acid groups (broad SMARTS) is 1. The van der Waals surface area contributed by atoms with Gasteiger partial charge in [-0.15, -0.1) is 0 Å². The molecule has 2 atom stereocenters. The normalized spacial score (nSPS) is 18.4. The lowest BCUT2D eigenvalue weighted by molar-refractivity contribution is -0.904. The SMILES string of the molecule is COc1ccc([C@H](Cc2c(Cl)c[n+](O)cc2Cl)c2cc(CN(C(=O)O[C@H]3CN4CCC3CC4)c3cccc(O)c3OC)ccc2C(=O)[O-])cc1OC. The van der Waals surface area contributed by atoms with Gasteiger partial charge < -0.3 is 34.0 Å². The quantitative estimate of drug-likeness (QED) is 0.146. The second-order valence-corrected chi connectivity index (χ2v) is 13.7. The molecule has 3 aliphatic rings. The maximum Gasteiger partial charge on any atom is 0.415 e. The van der Waals surface area contributed by atoms with Crippen molar-refractivity contribution in [3.63, 3.8) is 0 Å². The molecule has 12 nitrogen and oxygen atoms in total. The standard InChI is InChI=1S/C38H39Cl2N3O9/c1-49-33-10-8-24(16-34(33)50-2)26(17-28-29(39)19-42(48)20-30(28)40)27-15-22(7-9-25(27)37(45)46)18-43(31-5-4-6-32(44)36(31)51-3)38(47)52-35-21-41-13-11-23(35)12-14-41/h4-10,15-16,19-20,23,26,35H,11-14,17-18,21H2,1-3H3,(H2-,44,45,46,48)/t26-,35-/m0/s1. The molecule has 3 aliphatic heterocycles. The number of aromatic nitrogens is 1. The summed E-state index contributed by atoms with van der Waals surface area (Å²) < 4.78 is 23.5. The van der Waals surface area contributed by atoms with Crippen molar-refractivity contribution in [3.05, 3.63) is 105 Å². The van der Waals surface area contributed by atoms with Gasteiger partial charge in [0.05, 0.1) is 39.5 Å². The molecule has 4 aromatic rings. The second kappa shape index (κ2) is 15.8. The van der Waals surface area contributed by atoms with Crippen LogP contribution in [0.25, 0.3) is 0 Å². The molecule has 1 aromatic heterocycles. The maximum atomic E-state index is 14.1. The van der Waals surface area contributed by atoms with Gasteiger partial charge in [-0.1, -0.05) is 53.5 Å². The van der Waals surface area contributed by atoms with Gasteiger partial charge in [0, 0.05) is 28.3 Å². The Morgan fingerprint density at radius 1 is 0.981 bits per heavy atom. The van der Waals surface area contributed by atoms with Crippen molar-refractivity contribution in [2.75, 3.05) is 45.9 Å². The lowest BCUT2D eigenvalue weighted by Gasteiger charge is -2.44. The Kier molecular flexibility index (Phi) is 11.2. The Morgan fingerprint density at radius 2 is 1.69 bits per heavy atom. The number of phenolic OH excluding ortho intramolecular Hbond substituents is 1. The summed E-state index contributed by atoms with van der Waals surface area (Å²) in [6, 6.07) is 14.6. The van der Waals surface area contributed by atoms with E-state index in [1.54, 1.807) is 42.5 Å². The van der Waals surface area contributed by atoms with Crippen LogP contribution < -0.4 is 28.9 Å². The highest BCUT2D eigenvalue weighted by Gasteiger charge is 2.38. The van der Waals surface area contributed by atoms with Crippen molar-refractivity contribution in [2.45, 2.75) is 37.8 Å². The molecule has 14 heteroatoms. The first-order valence-electron chi connectivity index (χ1n) is 16.7. The highest BCUT2D eigenvalue weighted by atomic mass is 35.5. The maximum absolute atomic E-state index is 14.1. The topological polar surface area (TPSA) is 145 Å². The minimum absolute atomic E-state index is 0.0733. The highest BCUT2D eigenvalue weighted by molar-refractivity contribution is 6.35. The number of para-hydroxylation sites is 1. The average molecular weight is 753 g/mol. The largest absolute Gasteiger partial charge is 0.545 e. The van der Waals surface area contributed by atoms with E-state index in [2.05, 4.69) is 4.90 Å². The molecule has 1 amide bonds. The highest BCUT2D eigenvalue weighted by Crippen LogP contribution is 2.41. The molecule has 0 unspecified atom stereocenters. The summed E-state index contributed by atoms with van der Waals surface area (Å²) in [6.07, 6.45) is 3.61. The number of halogens is 2. The minimum atomic E-state index is -1.42. The third-order valence-electron chi connectivity index (χ3n) is 9.88. The number of piperidine rings is 3. The molecular formula is C38H39Cl2N3O9. The molecule has 0 aliphatic carbocycles. The van der Waals surface area contributed by atoms with Crippen LogP contribution in [0.5, 0.6) is 23.0 Å². The third-order valence-corrected chi connectivity index (χ3v) is 10.5. The molecule has 0 saturated carbocycles. The Balaban J connectivity index is 1.46. The van der Waals surface area contributed by atoms with E-state index in [1.807, 2.05) is 0 Å². The first kappa shape index (κ1) is 36.9. The van der Waals surface area contributed by atoms with Crippen LogP contribution in [-0.2, 0) is 17.7 Å². The molecule has 52 heavy (non-hydrogen) atoms. The van der Waals surface area contributed by atoms with E-state index >= 15 is 0 Å². The fourth-order valence-corrected chi connectivity index (χ4v) is 7.81.